The van der Waals surface area contributed by atoms with Crippen LogP contribution in [0.3, 0.4) is 0 Å². The molecule has 1 saturated carbocycles. The van der Waals surface area contributed by atoms with Crippen molar-refractivity contribution >= 4 is 5.82 Å². The van der Waals surface area contributed by atoms with E-state index in [0.29, 0.717) is 11.7 Å². The molecule has 0 spiro atoms. The number of hydrogen-bond acceptors (Lipinski definition) is 4. The van der Waals surface area contributed by atoms with Gasteiger partial charge < -0.3 is 15.8 Å². The Bertz CT molecular complexity index is 397. The van der Waals surface area contributed by atoms with Gasteiger partial charge in [0.15, 0.2) is 0 Å². The van der Waals surface area contributed by atoms with Gasteiger partial charge in [-0.1, -0.05) is 0 Å². The van der Waals surface area contributed by atoms with Gasteiger partial charge in [0.05, 0.1) is 18.3 Å². The standard InChI is InChI=1S/C12H16FN3O/c13-7-3-4-9(15-6-7)16-11-10(14)8-2-1-5-17-12(8)11/h3-4,6,8,10-12H,1-2,5,14H2,(H,15,16). The molecule has 4 nitrogen and oxygen atoms in total. The van der Waals surface area contributed by atoms with Crippen LogP contribution in [-0.2, 0) is 4.74 Å². The summed E-state index contributed by atoms with van der Waals surface area (Å²) in [4.78, 5) is 3.97. The van der Waals surface area contributed by atoms with Gasteiger partial charge in [0.2, 0.25) is 0 Å². The highest BCUT2D eigenvalue weighted by molar-refractivity contribution is 5.38. The van der Waals surface area contributed by atoms with E-state index in [-0.39, 0.29) is 24.0 Å². The topological polar surface area (TPSA) is 60.2 Å². The molecule has 2 aliphatic rings. The molecule has 4 unspecified atom stereocenters. The fourth-order valence-electron chi connectivity index (χ4n) is 2.76. The third kappa shape index (κ3) is 1.89. The van der Waals surface area contributed by atoms with Crippen LogP contribution in [0.5, 0.6) is 0 Å². The molecule has 5 heteroatoms. The number of halogens is 1. The zero-order valence-electron chi connectivity index (χ0n) is 9.47. The van der Waals surface area contributed by atoms with Crippen LogP contribution >= 0.6 is 0 Å². The molecule has 1 aliphatic heterocycles. The van der Waals surface area contributed by atoms with Gasteiger partial charge in [-0.2, -0.15) is 0 Å². The first-order valence-corrected chi connectivity index (χ1v) is 6.01. The predicted molar refractivity (Wildman–Crippen MR) is 62.0 cm³/mol. The van der Waals surface area contributed by atoms with E-state index in [1.165, 1.54) is 12.3 Å². The van der Waals surface area contributed by atoms with E-state index in [1.54, 1.807) is 6.07 Å². The Labute approximate surface area is 99.4 Å². The molecule has 1 aromatic heterocycles. The summed E-state index contributed by atoms with van der Waals surface area (Å²) in [5.41, 5.74) is 6.11. The molecule has 0 amide bonds. The molecule has 92 valence electrons. The minimum Gasteiger partial charge on any atom is -0.376 e. The Morgan fingerprint density at radius 3 is 3.12 bits per heavy atom. The second-order valence-electron chi connectivity index (χ2n) is 4.75. The highest BCUT2D eigenvalue weighted by Crippen LogP contribution is 2.38. The summed E-state index contributed by atoms with van der Waals surface area (Å²) in [7, 11) is 0. The molecule has 17 heavy (non-hydrogen) atoms. The number of nitrogens with zero attached hydrogens (tertiary/aromatic N) is 1. The Hall–Kier alpha value is -1.20. The van der Waals surface area contributed by atoms with Crippen LogP contribution in [-0.4, -0.2) is 29.8 Å². The highest BCUT2D eigenvalue weighted by Gasteiger charge is 2.50. The van der Waals surface area contributed by atoms with E-state index in [9.17, 15) is 4.39 Å². The first-order chi connectivity index (χ1) is 8.25. The number of nitrogens with one attached hydrogen (secondary N) is 1. The van der Waals surface area contributed by atoms with Gasteiger partial charge in [-0.25, -0.2) is 9.37 Å². The van der Waals surface area contributed by atoms with Crippen molar-refractivity contribution < 1.29 is 9.13 Å². The number of aromatic nitrogens is 1. The van der Waals surface area contributed by atoms with Crippen molar-refractivity contribution in [2.45, 2.75) is 31.0 Å². The molecule has 1 aromatic rings. The third-order valence-electron chi connectivity index (χ3n) is 3.72. The number of nitrogens with two attached hydrogens (primary N) is 1. The normalized spacial score (nSPS) is 35.9. The minimum absolute atomic E-state index is 0.0956. The van der Waals surface area contributed by atoms with Gasteiger partial charge in [-0.05, 0) is 25.0 Å². The van der Waals surface area contributed by atoms with Crippen molar-refractivity contribution in [2.24, 2.45) is 11.7 Å². The van der Waals surface area contributed by atoms with E-state index in [2.05, 4.69) is 10.3 Å². The zero-order chi connectivity index (χ0) is 11.8. The van der Waals surface area contributed by atoms with Gasteiger partial charge in [0.1, 0.15) is 11.6 Å². The molecular formula is C12H16FN3O. The summed E-state index contributed by atoms with van der Waals surface area (Å²) >= 11 is 0. The SMILES string of the molecule is NC1C2CCCOC2C1Nc1ccc(F)cn1. The number of hydrogen-bond donors (Lipinski definition) is 2. The third-order valence-corrected chi connectivity index (χ3v) is 3.72. The van der Waals surface area contributed by atoms with E-state index in [1.807, 2.05) is 0 Å². The largest absolute Gasteiger partial charge is 0.376 e. The van der Waals surface area contributed by atoms with Crippen LogP contribution in [0.2, 0.25) is 0 Å². The van der Waals surface area contributed by atoms with Crippen molar-refractivity contribution in [1.82, 2.24) is 4.98 Å². The number of fused-ring (bicyclic) bond motifs is 1. The van der Waals surface area contributed by atoms with Crippen molar-refractivity contribution in [3.63, 3.8) is 0 Å². The lowest BCUT2D eigenvalue weighted by Gasteiger charge is -2.52. The quantitative estimate of drug-likeness (QED) is 0.809. The minimum atomic E-state index is -0.333. The van der Waals surface area contributed by atoms with Crippen LogP contribution in [0.15, 0.2) is 18.3 Å². The average molecular weight is 237 g/mol. The van der Waals surface area contributed by atoms with Crippen LogP contribution in [0.1, 0.15) is 12.8 Å². The van der Waals surface area contributed by atoms with Gasteiger partial charge in [-0.3, -0.25) is 0 Å². The van der Waals surface area contributed by atoms with Crippen molar-refractivity contribution in [2.75, 3.05) is 11.9 Å². The summed E-state index contributed by atoms with van der Waals surface area (Å²) in [6.45, 7) is 0.808. The molecule has 0 bridgehead atoms. The average Bonchev–Trinajstić information content (AvgIpc) is 2.37. The van der Waals surface area contributed by atoms with Crippen LogP contribution in [0, 0.1) is 11.7 Å². The fourth-order valence-corrected chi connectivity index (χ4v) is 2.76. The Balaban J connectivity index is 1.67. The molecule has 2 fully saturated rings. The summed E-state index contributed by atoms with van der Waals surface area (Å²) < 4.78 is 18.4. The summed E-state index contributed by atoms with van der Waals surface area (Å²) in [5.74, 6) is 0.779. The monoisotopic (exact) mass is 237 g/mol. The smallest absolute Gasteiger partial charge is 0.141 e. The maximum atomic E-state index is 12.7. The Morgan fingerprint density at radius 2 is 2.35 bits per heavy atom. The fraction of sp³-hybridized carbons (Fsp3) is 0.583. The van der Waals surface area contributed by atoms with Crippen LogP contribution in [0.25, 0.3) is 0 Å². The number of rotatable bonds is 2. The summed E-state index contributed by atoms with van der Waals surface area (Å²) in [6.07, 6.45) is 3.62. The van der Waals surface area contributed by atoms with E-state index in [0.717, 1.165) is 19.4 Å². The lowest BCUT2D eigenvalue weighted by Crippen LogP contribution is -2.69. The first kappa shape index (κ1) is 10.9. The molecule has 2 heterocycles. The zero-order valence-corrected chi connectivity index (χ0v) is 9.47. The molecule has 3 rings (SSSR count). The van der Waals surface area contributed by atoms with E-state index in [4.69, 9.17) is 10.5 Å². The maximum absolute atomic E-state index is 12.7. The molecule has 3 N–H and O–H groups in total. The van der Waals surface area contributed by atoms with Crippen LogP contribution < -0.4 is 11.1 Å². The first-order valence-electron chi connectivity index (χ1n) is 6.01. The second-order valence-corrected chi connectivity index (χ2v) is 4.75. The molecule has 1 saturated heterocycles. The summed E-state index contributed by atoms with van der Waals surface area (Å²) in [5, 5.41) is 3.23. The van der Waals surface area contributed by atoms with E-state index < -0.39 is 0 Å². The lowest BCUT2D eigenvalue weighted by atomic mass is 9.68. The molecular weight excluding hydrogens is 221 g/mol. The van der Waals surface area contributed by atoms with Gasteiger partial charge >= 0.3 is 0 Å². The number of pyridine rings is 1. The summed E-state index contributed by atoms with van der Waals surface area (Å²) in [6, 6.07) is 3.21. The lowest BCUT2D eigenvalue weighted by molar-refractivity contribution is -0.104. The molecule has 0 radical (unpaired) electrons. The van der Waals surface area contributed by atoms with Crippen molar-refractivity contribution in [3.05, 3.63) is 24.1 Å². The van der Waals surface area contributed by atoms with Crippen LogP contribution in [0.4, 0.5) is 10.2 Å². The molecule has 1 aliphatic carbocycles. The predicted octanol–water partition coefficient (Wildman–Crippen LogP) is 1.14. The molecule has 4 atom stereocenters. The highest BCUT2D eigenvalue weighted by atomic mass is 19.1. The van der Waals surface area contributed by atoms with Crippen molar-refractivity contribution in [1.29, 1.82) is 0 Å². The maximum Gasteiger partial charge on any atom is 0.141 e. The molecule has 0 aromatic carbocycles. The Morgan fingerprint density at radius 1 is 1.47 bits per heavy atom. The van der Waals surface area contributed by atoms with Gasteiger partial charge in [0, 0.05) is 18.6 Å². The Kier molecular flexibility index (Phi) is 2.72. The van der Waals surface area contributed by atoms with Gasteiger partial charge in [0.25, 0.3) is 0 Å². The number of anilines is 1. The van der Waals surface area contributed by atoms with Crippen molar-refractivity contribution in [3.8, 4) is 0 Å². The van der Waals surface area contributed by atoms with E-state index >= 15 is 0 Å². The number of ether oxygens (including phenoxy) is 1. The second kappa shape index (κ2) is 4.23. The van der Waals surface area contributed by atoms with Gasteiger partial charge in [-0.15, -0.1) is 0 Å².